The van der Waals surface area contributed by atoms with Crippen LogP contribution in [0.4, 0.5) is 0 Å². The van der Waals surface area contributed by atoms with Crippen LogP contribution in [0.2, 0.25) is 0 Å². The smallest absolute Gasteiger partial charge is 0.0573 e. The molecule has 0 saturated heterocycles. The first-order valence-corrected chi connectivity index (χ1v) is 6.78. The van der Waals surface area contributed by atoms with Gasteiger partial charge in [-0.15, -0.1) is 0 Å². The first-order valence-electron chi connectivity index (χ1n) is 6.78. The van der Waals surface area contributed by atoms with E-state index in [1.54, 1.807) is 0 Å². The summed E-state index contributed by atoms with van der Waals surface area (Å²) in [6.07, 6.45) is 3.66. The third-order valence-corrected chi connectivity index (χ3v) is 3.52. The molecule has 0 unspecified atom stereocenters. The number of nitrogens with zero attached hydrogens (tertiary/aromatic N) is 2. The van der Waals surface area contributed by atoms with Crippen molar-refractivity contribution < 1.29 is 0 Å². The molecule has 2 heteroatoms. The fourth-order valence-electron chi connectivity index (χ4n) is 2.24. The Morgan fingerprint density at radius 1 is 0.600 bits per heavy atom. The maximum Gasteiger partial charge on any atom is 0.0573 e. The second kappa shape index (κ2) is 6.29. The Labute approximate surface area is 120 Å². The lowest BCUT2D eigenvalue weighted by Crippen LogP contribution is -1.92. The summed E-state index contributed by atoms with van der Waals surface area (Å²) in [5.74, 6) is 0. The van der Waals surface area contributed by atoms with Crippen LogP contribution in [0.5, 0.6) is 0 Å². The molecule has 0 amide bonds. The molecule has 0 heterocycles. The van der Waals surface area contributed by atoms with Crippen molar-refractivity contribution in [3.8, 4) is 0 Å². The molecule has 2 aromatic carbocycles. The monoisotopic (exact) mass is 264 g/mol. The van der Waals surface area contributed by atoms with Crippen LogP contribution in [0.1, 0.15) is 33.4 Å². The van der Waals surface area contributed by atoms with Gasteiger partial charge in [0.15, 0.2) is 0 Å². The van der Waals surface area contributed by atoms with Gasteiger partial charge >= 0.3 is 0 Å². The average molecular weight is 264 g/mol. The summed E-state index contributed by atoms with van der Waals surface area (Å²) in [5, 5.41) is 8.37. The summed E-state index contributed by atoms with van der Waals surface area (Å²) in [7, 11) is 0. The predicted molar refractivity (Wildman–Crippen MR) is 87.0 cm³/mol. The molecule has 0 saturated carbocycles. The van der Waals surface area contributed by atoms with Gasteiger partial charge in [0, 0.05) is 11.1 Å². The van der Waals surface area contributed by atoms with E-state index in [-0.39, 0.29) is 0 Å². The third kappa shape index (κ3) is 3.21. The first kappa shape index (κ1) is 14.2. The standard InChI is InChI=1S/C18H20N2/c1-13-7-5-8-14(2)17(13)11-19-20-12-18-15(3)9-6-10-16(18)4/h5-12H,1-4H3. The molecular formula is C18H20N2. The average Bonchev–Trinajstić information content (AvgIpc) is 2.40. The molecule has 2 aromatic rings. The highest BCUT2D eigenvalue weighted by molar-refractivity contribution is 5.86. The van der Waals surface area contributed by atoms with Gasteiger partial charge in [0.1, 0.15) is 0 Å². The first-order chi connectivity index (χ1) is 9.59. The van der Waals surface area contributed by atoms with E-state index < -0.39 is 0 Å². The SMILES string of the molecule is Cc1cccc(C)c1C=NN=Cc1c(C)cccc1C. The Hall–Kier alpha value is -2.22. The molecule has 0 aliphatic heterocycles. The molecule has 0 N–H and O–H groups in total. The second-order valence-electron chi connectivity index (χ2n) is 5.10. The van der Waals surface area contributed by atoms with E-state index in [1.807, 2.05) is 12.4 Å². The van der Waals surface area contributed by atoms with E-state index in [2.05, 4.69) is 74.3 Å². The van der Waals surface area contributed by atoms with E-state index in [0.29, 0.717) is 0 Å². The number of hydrogen-bond donors (Lipinski definition) is 0. The van der Waals surface area contributed by atoms with Crippen molar-refractivity contribution in [2.24, 2.45) is 10.2 Å². The van der Waals surface area contributed by atoms with Crippen LogP contribution < -0.4 is 0 Å². The second-order valence-corrected chi connectivity index (χ2v) is 5.10. The van der Waals surface area contributed by atoms with Gasteiger partial charge in [0.25, 0.3) is 0 Å². The van der Waals surface area contributed by atoms with Gasteiger partial charge in [0.05, 0.1) is 12.4 Å². The number of aryl methyl sites for hydroxylation is 4. The van der Waals surface area contributed by atoms with Crippen molar-refractivity contribution in [2.75, 3.05) is 0 Å². The summed E-state index contributed by atoms with van der Waals surface area (Å²) >= 11 is 0. The molecule has 0 radical (unpaired) electrons. The lowest BCUT2D eigenvalue weighted by atomic mass is 10.0. The molecular weight excluding hydrogens is 244 g/mol. The lowest BCUT2D eigenvalue weighted by molar-refractivity contribution is 1.24. The van der Waals surface area contributed by atoms with Crippen molar-refractivity contribution in [3.05, 3.63) is 69.8 Å². The molecule has 0 bridgehead atoms. The van der Waals surface area contributed by atoms with Gasteiger partial charge in [-0.25, -0.2) is 0 Å². The van der Waals surface area contributed by atoms with Gasteiger partial charge in [-0.2, -0.15) is 10.2 Å². The van der Waals surface area contributed by atoms with Crippen LogP contribution >= 0.6 is 0 Å². The summed E-state index contributed by atoms with van der Waals surface area (Å²) in [6, 6.07) is 12.5. The maximum atomic E-state index is 4.19. The van der Waals surface area contributed by atoms with Crippen molar-refractivity contribution in [3.63, 3.8) is 0 Å². The quantitative estimate of drug-likeness (QED) is 0.581. The van der Waals surface area contributed by atoms with E-state index >= 15 is 0 Å². The fourth-order valence-corrected chi connectivity index (χ4v) is 2.24. The Kier molecular flexibility index (Phi) is 4.46. The van der Waals surface area contributed by atoms with Gasteiger partial charge in [-0.05, 0) is 49.9 Å². The van der Waals surface area contributed by atoms with E-state index in [0.717, 1.165) is 11.1 Å². The zero-order valence-electron chi connectivity index (χ0n) is 12.5. The topological polar surface area (TPSA) is 24.7 Å². The number of hydrogen-bond acceptors (Lipinski definition) is 2. The molecule has 0 aliphatic carbocycles. The normalized spacial score (nSPS) is 11.6. The Morgan fingerprint density at radius 3 is 1.20 bits per heavy atom. The Bertz CT molecular complexity index is 567. The van der Waals surface area contributed by atoms with Crippen LogP contribution in [0.25, 0.3) is 0 Å². The van der Waals surface area contributed by atoms with Crippen LogP contribution in [-0.2, 0) is 0 Å². The summed E-state index contributed by atoms with van der Waals surface area (Å²) in [5.41, 5.74) is 7.16. The van der Waals surface area contributed by atoms with Crippen molar-refractivity contribution in [2.45, 2.75) is 27.7 Å². The van der Waals surface area contributed by atoms with E-state index in [1.165, 1.54) is 22.3 Å². The summed E-state index contributed by atoms with van der Waals surface area (Å²) in [6.45, 7) is 8.35. The van der Waals surface area contributed by atoms with Gasteiger partial charge in [-0.3, -0.25) is 0 Å². The third-order valence-electron chi connectivity index (χ3n) is 3.52. The van der Waals surface area contributed by atoms with Crippen LogP contribution in [0.15, 0.2) is 46.6 Å². The molecule has 0 spiro atoms. The molecule has 102 valence electrons. The minimum atomic E-state index is 1.14. The van der Waals surface area contributed by atoms with Crippen molar-refractivity contribution in [1.29, 1.82) is 0 Å². The van der Waals surface area contributed by atoms with Crippen LogP contribution in [0.3, 0.4) is 0 Å². The zero-order chi connectivity index (χ0) is 14.5. The molecule has 2 nitrogen and oxygen atoms in total. The number of rotatable bonds is 3. The molecule has 0 fully saturated rings. The van der Waals surface area contributed by atoms with Crippen molar-refractivity contribution >= 4 is 12.4 Å². The highest BCUT2D eigenvalue weighted by Gasteiger charge is 1.99. The highest BCUT2D eigenvalue weighted by atomic mass is 15.2. The fraction of sp³-hybridized carbons (Fsp3) is 0.222. The minimum absolute atomic E-state index is 1.14. The molecule has 2 rings (SSSR count). The zero-order valence-corrected chi connectivity index (χ0v) is 12.5. The van der Waals surface area contributed by atoms with Crippen molar-refractivity contribution in [1.82, 2.24) is 0 Å². The molecule has 0 atom stereocenters. The summed E-state index contributed by atoms with van der Waals surface area (Å²) in [4.78, 5) is 0. The van der Waals surface area contributed by atoms with Gasteiger partial charge < -0.3 is 0 Å². The Balaban J connectivity index is 2.20. The predicted octanol–water partition coefficient (Wildman–Crippen LogP) is 4.37. The maximum absolute atomic E-state index is 4.19. The van der Waals surface area contributed by atoms with Gasteiger partial charge in [0.2, 0.25) is 0 Å². The molecule has 0 aromatic heterocycles. The molecule has 0 aliphatic rings. The lowest BCUT2D eigenvalue weighted by Gasteiger charge is -2.03. The minimum Gasteiger partial charge on any atom is -0.158 e. The van der Waals surface area contributed by atoms with Gasteiger partial charge in [-0.1, -0.05) is 36.4 Å². The largest absolute Gasteiger partial charge is 0.158 e. The Morgan fingerprint density at radius 2 is 0.900 bits per heavy atom. The highest BCUT2D eigenvalue weighted by Crippen LogP contribution is 2.12. The van der Waals surface area contributed by atoms with Crippen LogP contribution in [-0.4, -0.2) is 12.4 Å². The summed E-state index contributed by atoms with van der Waals surface area (Å²) < 4.78 is 0. The number of benzene rings is 2. The molecule has 20 heavy (non-hydrogen) atoms. The van der Waals surface area contributed by atoms with E-state index in [4.69, 9.17) is 0 Å². The van der Waals surface area contributed by atoms with Crippen LogP contribution in [0, 0.1) is 27.7 Å². The van der Waals surface area contributed by atoms with E-state index in [9.17, 15) is 0 Å².